The molecule has 1 aromatic heterocycles. The van der Waals surface area contributed by atoms with Crippen LogP contribution in [0.4, 0.5) is 5.13 Å². The van der Waals surface area contributed by atoms with Crippen LogP contribution in [0.5, 0.6) is 5.75 Å². The number of hydrazone groups is 1. The van der Waals surface area contributed by atoms with Crippen molar-refractivity contribution in [3.8, 4) is 5.75 Å². The molecule has 0 N–H and O–H groups in total. The van der Waals surface area contributed by atoms with Crippen LogP contribution in [0, 0.1) is 6.92 Å². The van der Waals surface area contributed by atoms with Gasteiger partial charge in [0.25, 0.3) is 5.91 Å². The van der Waals surface area contributed by atoms with E-state index in [9.17, 15) is 4.79 Å². The van der Waals surface area contributed by atoms with Crippen LogP contribution in [-0.2, 0) is 0 Å². The minimum absolute atomic E-state index is 0.291. The first kappa shape index (κ1) is 20.1. The quantitative estimate of drug-likeness (QED) is 0.287. The van der Waals surface area contributed by atoms with Crippen molar-refractivity contribution in [3.63, 3.8) is 0 Å². The van der Waals surface area contributed by atoms with E-state index in [-0.39, 0.29) is 5.91 Å². The van der Waals surface area contributed by atoms with Gasteiger partial charge in [0.1, 0.15) is 5.75 Å². The Morgan fingerprint density at radius 2 is 1.83 bits per heavy atom. The summed E-state index contributed by atoms with van der Waals surface area (Å²) >= 11 is 7.35. The highest BCUT2D eigenvalue weighted by molar-refractivity contribution is 7.22. The first-order chi connectivity index (χ1) is 14.5. The number of methoxy groups -OCH3 is 1. The summed E-state index contributed by atoms with van der Waals surface area (Å²) < 4.78 is 6.20. The number of carbonyl (C=O) groups is 1. The number of hydrogen-bond acceptors (Lipinski definition) is 5. The van der Waals surface area contributed by atoms with Crippen molar-refractivity contribution in [1.82, 2.24) is 4.98 Å². The van der Waals surface area contributed by atoms with Gasteiger partial charge in [0.15, 0.2) is 0 Å². The molecular weight excluding hydrogens is 418 g/mol. The second kappa shape index (κ2) is 8.65. The lowest BCUT2D eigenvalue weighted by molar-refractivity contribution is 0.0988. The molecule has 0 atom stereocenters. The smallest absolute Gasteiger partial charge is 0.280 e. The summed E-state index contributed by atoms with van der Waals surface area (Å²) in [6.45, 7) is 2.02. The van der Waals surface area contributed by atoms with E-state index < -0.39 is 0 Å². The van der Waals surface area contributed by atoms with Crippen molar-refractivity contribution >= 4 is 50.4 Å². The lowest BCUT2D eigenvalue weighted by Crippen LogP contribution is -2.25. The normalized spacial score (nSPS) is 11.2. The first-order valence-electron chi connectivity index (χ1n) is 9.19. The van der Waals surface area contributed by atoms with Gasteiger partial charge in [-0.3, -0.25) is 4.79 Å². The fourth-order valence-corrected chi connectivity index (χ4v) is 3.87. The molecular formula is C23H18ClN3O2S. The topological polar surface area (TPSA) is 54.8 Å². The highest BCUT2D eigenvalue weighted by atomic mass is 35.5. The predicted octanol–water partition coefficient (Wildman–Crippen LogP) is 5.95. The molecule has 0 bridgehead atoms. The zero-order valence-corrected chi connectivity index (χ0v) is 17.9. The average molecular weight is 436 g/mol. The van der Waals surface area contributed by atoms with Gasteiger partial charge in [0.2, 0.25) is 5.13 Å². The van der Waals surface area contributed by atoms with Gasteiger partial charge >= 0.3 is 0 Å². The molecule has 0 spiro atoms. The number of carbonyl (C=O) groups excluding carboxylic acids is 1. The van der Waals surface area contributed by atoms with E-state index in [1.54, 1.807) is 37.6 Å². The van der Waals surface area contributed by atoms with Crippen molar-refractivity contribution in [2.75, 3.05) is 12.1 Å². The maximum atomic E-state index is 13.2. The lowest BCUT2D eigenvalue weighted by Gasteiger charge is -2.14. The molecule has 0 aliphatic carbocycles. The van der Waals surface area contributed by atoms with Crippen molar-refractivity contribution in [1.29, 1.82) is 0 Å². The zero-order valence-electron chi connectivity index (χ0n) is 16.4. The maximum absolute atomic E-state index is 13.2. The third-order valence-corrected chi connectivity index (χ3v) is 5.69. The van der Waals surface area contributed by atoms with E-state index in [4.69, 9.17) is 16.3 Å². The molecule has 0 saturated carbocycles. The summed E-state index contributed by atoms with van der Waals surface area (Å²) in [6, 6.07) is 20.2. The summed E-state index contributed by atoms with van der Waals surface area (Å²) in [7, 11) is 1.62. The standard InChI is InChI=1S/C23H18ClN3O2S/c1-15-3-5-16(6-4-15)14-25-27(22(28)17-7-9-18(24)10-8-17)23-26-20-12-11-19(29-2)13-21(20)30-23/h3-14H,1-2H3/b25-14+. The molecule has 4 rings (SSSR count). The molecule has 1 amide bonds. The number of nitrogens with zero attached hydrogens (tertiary/aromatic N) is 3. The minimum Gasteiger partial charge on any atom is -0.497 e. The fourth-order valence-electron chi connectivity index (χ4n) is 2.79. The molecule has 0 saturated heterocycles. The van der Waals surface area contributed by atoms with Gasteiger partial charge in [-0.15, -0.1) is 0 Å². The second-order valence-corrected chi connectivity index (χ2v) is 8.05. The number of fused-ring (bicyclic) bond motifs is 1. The largest absolute Gasteiger partial charge is 0.497 e. The molecule has 3 aromatic carbocycles. The number of amides is 1. The molecule has 0 unspecified atom stereocenters. The number of aryl methyl sites for hydroxylation is 1. The average Bonchev–Trinajstić information content (AvgIpc) is 3.18. The molecule has 30 heavy (non-hydrogen) atoms. The molecule has 5 nitrogen and oxygen atoms in total. The van der Waals surface area contributed by atoms with E-state index in [1.165, 1.54) is 16.3 Å². The third-order valence-electron chi connectivity index (χ3n) is 4.45. The van der Waals surface area contributed by atoms with Crippen LogP contribution < -0.4 is 9.75 Å². The Bertz CT molecular complexity index is 1220. The van der Waals surface area contributed by atoms with Crippen molar-refractivity contribution in [2.24, 2.45) is 5.10 Å². The number of benzene rings is 3. The van der Waals surface area contributed by atoms with Crippen LogP contribution in [0.15, 0.2) is 71.8 Å². The number of thiazole rings is 1. The second-order valence-electron chi connectivity index (χ2n) is 6.61. The van der Waals surface area contributed by atoms with E-state index in [0.29, 0.717) is 15.7 Å². The van der Waals surface area contributed by atoms with Crippen LogP contribution in [-0.4, -0.2) is 24.2 Å². The van der Waals surface area contributed by atoms with E-state index >= 15 is 0 Å². The van der Waals surface area contributed by atoms with Crippen molar-refractivity contribution in [2.45, 2.75) is 6.92 Å². The van der Waals surface area contributed by atoms with Crippen LogP contribution in [0.3, 0.4) is 0 Å². The Morgan fingerprint density at radius 1 is 1.10 bits per heavy atom. The molecule has 4 aromatic rings. The van der Waals surface area contributed by atoms with Gasteiger partial charge in [0, 0.05) is 10.6 Å². The number of ether oxygens (including phenoxy) is 1. The van der Waals surface area contributed by atoms with Gasteiger partial charge in [-0.05, 0) is 55.0 Å². The summed E-state index contributed by atoms with van der Waals surface area (Å²) in [5.74, 6) is 0.442. The van der Waals surface area contributed by atoms with Crippen LogP contribution >= 0.6 is 22.9 Å². The van der Waals surface area contributed by atoms with Gasteiger partial charge in [-0.2, -0.15) is 10.1 Å². The molecule has 1 heterocycles. The van der Waals surface area contributed by atoms with Gasteiger partial charge in [-0.1, -0.05) is 52.8 Å². The Hall–Kier alpha value is -3.22. The number of aromatic nitrogens is 1. The summed E-state index contributed by atoms with van der Waals surface area (Å²) in [6.07, 6.45) is 1.65. The summed E-state index contributed by atoms with van der Waals surface area (Å²) in [5.41, 5.74) is 3.28. The van der Waals surface area contributed by atoms with Crippen molar-refractivity contribution < 1.29 is 9.53 Å². The fraction of sp³-hybridized carbons (Fsp3) is 0.0870. The summed E-state index contributed by atoms with van der Waals surface area (Å²) in [5, 5.41) is 6.83. The van der Waals surface area contributed by atoms with Gasteiger partial charge < -0.3 is 4.74 Å². The van der Waals surface area contributed by atoms with E-state index in [1.807, 2.05) is 49.4 Å². The Balaban J connectivity index is 1.75. The number of hydrogen-bond donors (Lipinski definition) is 0. The number of anilines is 1. The Kier molecular flexibility index (Phi) is 5.79. The summed E-state index contributed by atoms with van der Waals surface area (Å²) in [4.78, 5) is 17.9. The van der Waals surface area contributed by atoms with Crippen LogP contribution in [0.25, 0.3) is 10.2 Å². The molecule has 0 aliphatic heterocycles. The zero-order chi connectivity index (χ0) is 21.1. The van der Waals surface area contributed by atoms with E-state index in [0.717, 1.165) is 27.1 Å². The van der Waals surface area contributed by atoms with Gasteiger partial charge in [0.05, 0.1) is 23.5 Å². The highest BCUT2D eigenvalue weighted by Gasteiger charge is 2.21. The SMILES string of the molecule is COc1ccc2nc(N(/N=C/c3ccc(C)cc3)C(=O)c3ccc(Cl)cc3)sc2c1. The lowest BCUT2D eigenvalue weighted by atomic mass is 10.2. The molecule has 0 aliphatic rings. The monoisotopic (exact) mass is 435 g/mol. The third kappa shape index (κ3) is 4.35. The van der Waals surface area contributed by atoms with Crippen LogP contribution in [0.2, 0.25) is 5.02 Å². The Morgan fingerprint density at radius 3 is 2.53 bits per heavy atom. The highest BCUT2D eigenvalue weighted by Crippen LogP contribution is 2.32. The number of halogens is 1. The number of rotatable bonds is 5. The minimum atomic E-state index is -0.291. The molecule has 0 radical (unpaired) electrons. The molecule has 0 fully saturated rings. The van der Waals surface area contributed by atoms with Crippen molar-refractivity contribution in [3.05, 3.63) is 88.4 Å². The van der Waals surface area contributed by atoms with Crippen LogP contribution in [0.1, 0.15) is 21.5 Å². The van der Waals surface area contributed by atoms with Gasteiger partial charge in [-0.25, -0.2) is 4.98 Å². The molecule has 150 valence electrons. The first-order valence-corrected chi connectivity index (χ1v) is 10.4. The molecule has 7 heteroatoms. The predicted molar refractivity (Wildman–Crippen MR) is 123 cm³/mol. The maximum Gasteiger partial charge on any atom is 0.280 e. The Labute approximate surface area is 183 Å². The van der Waals surface area contributed by atoms with E-state index in [2.05, 4.69) is 10.1 Å².